The lowest BCUT2D eigenvalue weighted by Gasteiger charge is -2.40. The Morgan fingerprint density at radius 2 is 1.20 bits per heavy atom. The third kappa shape index (κ3) is 10.7. The lowest BCUT2D eigenvalue weighted by atomic mass is 9.90. The van der Waals surface area contributed by atoms with Gasteiger partial charge in [0.2, 0.25) is 0 Å². The highest BCUT2D eigenvalue weighted by Gasteiger charge is 2.42. The molecule has 0 radical (unpaired) electrons. The standard InChI is InChI=1S/C26H45BrO3/c1-5-9-10-11-12-13-14-24(22-23-15-17-25(27)18-16-23)26(28-19-6-2,29-20-7-3)30-21-8-4/h15-18,24H,5-14,19-22H2,1-4H3. The number of ether oxygens (including phenoxy) is 3. The number of rotatable bonds is 19. The fourth-order valence-electron chi connectivity index (χ4n) is 3.69. The topological polar surface area (TPSA) is 27.7 Å². The fourth-order valence-corrected chi connectivity index (χ4v) is 3.96. The van der Waals surface area contributed by atoms with E-state index in [1.165, 1.54) is 44.1 Å². The largest absolute Gasteiger partial charge is 0.327 e. The molecule has 1 rings (SSSR count). The first kappa shape index (κ1) is 27.6. The van der Waals surface area contributed by atoms with Crippen LogP contribution in [0.2, 0.25) is 0 Å². The zero-order valence-corrected chi connectivity index (χ0v) is 21.5. The molecule has 1 aromatic carbocycles. The maximum Gasteiger partial charge on any atom is 0.286 e. The van der Waals surface area contributed by atoms with Gasteiger partial charge in [-0.3, -0.25) is 0 Å². The van der Waals surface area contributed by atoms with Gasteiger partial charge in [0.05, 0.1) is 19.8 Å². The van der Waals surface area contributed by atoms with Crippen LogP contribution in [0.5, 0.6) is 0 Å². The van der Waals surface area contributed by atoms with Crippen molar-refractivity contribution < 1.29 is 14.2 Å². The van der Waals surface area contributed by atoms with Gasteiger partial charge in [0, 0.05) is 10.4 Å². The summed E-state index contributed by atoms with van der Waals surface area (Å²) in [5.41, 5.74) is 1.30. The normalized spacial score (nSPS) is 13.0. The first-order chi connectivity index (χ1) is 14.6. The fraction of sp³-hybridized carbons (Fsp3) is 0.769. The van der Waals surface area contributed by atoms with Crippen molar-refractivity contribution in [1.82, 2.24) is 0 Å². The Morgan fingerprint density at radius 3 is 1.70 bits per heavy atom. The molecule has 3 nitrogen and oxygen atoms in total. The van der Waals surface area contributed by atoms with E-state index >= 15 is 0 Å². The lowest BCUT2D eigenvalue weighted by molar-refractivity contribution is -0.406. The zero-order chi connectivity index (χ0) is 22.1. The minimum Gasteiger partial charge on any atom is -0.327 e. The molecule has 1 atom stereocenters. The van der Waals surface area contributed by atoms with Gasteiger partial charge in [0.25, 0.3) is 5.97 Å². The van der Waals surface area contributed by atoms with E-state index in [1.54, 1.807) is 0 Å². The zero-order valence-electron chi connectivity index (χ0n) is 19.9. The molecule has 0 aromatic heterocycles. The molecule has 0 N–H and O–H groups in total. The van der Waals surface area contributed by atoms with Crippen molar-refractivity contribution in [1.29, 1.82) is 0 Å². The average Bonchev–Trinajstić information content (AvgIpc) is 2.76. The van der Waals surface area contributed by atoms with Crippen LogP contribution in [-0.2, 0) is 20.6 Å². The number of benzene rings is 1. The van der Waals surface area contributed by atoms with Gasteiger partial charge in [-0.15, -0.1) is 0 Å². The lowest BCUT2D eigenvalue weighted by Crippen LogP contribution is -2.48. The minimum absolute atomic E-state index is 0.175. The molecular weight excluding hydrogens is 440 g/mol. The van der Waals surface area contributed by atoms with Crippen molar-refractivity contribution in [3.63, 3.8) is 0 Å². The molecule has 174 valence electrons. The minimum atomic E-state index is -0.946. The third-order valence-electron chi connectivity index (χ3n) is 5.32. The summed E-state index contributed by atoms with van der Waals surface area (Å²) in [5.74, 6) is -0.770. The summed E-state index contributed by atoms with van der Waals surface area (Å²) < 4.78 is 20.3. The van der Waals surface area contributed by atoms with E-state index in [2.05, 4.69) is 67.9 Å². The molecule has 0 aliphatic rings. The molecular formula is C26H45BrO3. The summed E-state index contributed by atoms with van der Waals surface area (Å²) in [4.78, 5) is 0. The SMILES string of the molecule is CCCCCCCCC(Cc1ccc(Br)cc1)C(OCCC)(OCCC)OCCC. The molecule has 0 heterocycles. The molecule has 0 fully saturated rings. The van der Waals surface area contributed by atoms with E-state index in [0.717, 1.165) is 36.6 Å². The molecule has 4 heteroatoms. The van der Waals surface area contributed by atoms with Gasteiger partial charge in [0.1, 0.15) is 0 Å². The molecule has 0 spiro atoms. The molecule has 0 aliphatic heterocycles. The number of unbranched alkanes of at least 4 members (excludes halogenated alkanes) is 5. The third-order valence-corrected chi connectivity index (χ3v) is 5.85. The monoisotopic (exact) mass is 484 g/mol. The van der Waals surface area contributed by atoms with E-state index < -0.39 is 5.97 Å². The van der Waals surface area contributed by atoms with Gasteiger partial charge in [0.15, 0.2) is 0 Å². The van der Waals surface area contributed by atoms with E-state index in [-0.39, 0.29) is 5.92 Å². The number of hydrogen-bond donors (Lipinski definition) is 0. The van der Waals surface area contributed by atoms with Gasteiger partial charge in [-0.2, -0.15) is 0 Å². The Kier molecular flexibility index (Phi) is 15.8. The summed E-state index contributed by atoms with van der Waals surface area (Å²) in [6.45, 7) is 10.7. The Bertz CT molecular complexity index is 496. The highest BCUT2D eigenvalue weighted by molar-refractivity contribution is 9.10. The van der Waals surface area contributed by atoms with Crippen LogP contribution in [0.25, 0.3) is 0 Å². The maximum absolute atomic E-state index is 6.38. The summed E-state index contributed by atoms with van der Waals surface area (Å²) >= 11 is 3.55. The summed E-state index contributed by atoms with van der Waals surface area (Å²) in [6.07, 6.45) is 12.5. The second-order valence-corrected chi connectivity index (χ2v) is 9.15. The molecule has 0 aliphatic carbocycles. The van der Waals surface area contributed by atoms with Crippen LogP contribution in [-0.4, -0.2) is 25.8 Å². The second kappa shape index (κ2) is 17.2. The summed E-state index contributed by atoms with van der Waals surface area (Å²) in [7, 11) is 0. The van der Waals surface area contributed by atoms with E-state index in [0.29, 0.717) is 19.8 Å². The first-order valence-corrected chi connectivity index (χ1v) is 13.1. The second-order valence-electron chi connectivity index (χ2n) is 8.23. The van der Waals surface area contributed by atoms with Crippen LogP contribution in [0.1, 0.15) is 97.5 Å². The van der Waals surface area contributed by atoms with Crippen LogP contribution < -0.4 is 0 Å². The Morgan fingerprint density at radius 1 is 0.700 bits per heavy atom. The molecule has 0 saturated heterocycles. The van der Waals surface area contributed by atoms with Crippen molar-refractivity contribution in [2.24, 2.45) is 5.92 Å². The van der Waals surface area contributed by atoms with E-state index in [1.807, 2.05) is 0 Å². The summed E-state index contributed by atoms with van der Waals surface area (Å²) in [6, 6.07) is 8.63. The quantitative estimate of drug-likeness (QED) is 0.146. The van der Waals surface area contributed by atoms with Crippen LogP contribution in [0.3, 0.4) is 0 Å². The van der Waals surface area contributed by atoms with Gasteiger partial charge in [-0.1, -0.05) is 94.3 Å². The highest BCUT2D eigenvalue weighted by Crippen LogP contribution is 2.34. The average molecular weight is 486 g/mol. The Labute approximate surface area is 194 Å². The molecule has 0 saturated carbocycles. The summed E-state index contributed by atoms with van der Waals surface area (Å²) in [5, 5.41) is 0. The van der Waals surface area contributed by atoms with Crippen molar-refractivity contribution in [3.05, 3.63) is 34.3 Å². The number of halogens is 1. The van der Waals surface area contributed by atoms with Crippen LogP contribution in [0, 0.1) is 5.92 Å². The molecule has 0 amide bonds. The molecule has 1 unspecified atom stereocenters. The van der Waals surface area contributed by atoms with Crippen molar-refractivity contribution in [2.75, 3.05) is 19.8 Å². The van der Waals surface area contributed by atoms with Gasteiger partial charge >= 0.3 is 0 Å². The van der Waals surface area contributed by atoms with Crippen LogP contribution in [0.15, 0.2) is 28.7 Å². The predicted octanol–water partition coefficient (Wildman–Crippen LogP) is 8.29. The van der Waals surface area contributed by atoms with Gasteiger partial charge < -0.3 is 14.2 Å². The Balaban J connectivity index is 3.01. The molecule has 30 heavy (non-hydrogen) atoms. The van der Waals surface area contributed by atoms with Crippen molar-refractivity contribution >= 4 is 15.9 Å². The van der Waals surface area contributed by atoms with Crippen LogP contribution >= 0.6 is 15.9 Å². The first-order valence-electron chi connectivity index (χ1n) is 12.3. The Hall–Kier alpha value is -0.420. The predicted molar refractivity (Wildman–Crippen MR) is 131 cm³/mol. The maximum atomic E-state index is 6.38. The van der Waals surface area contributed by atoms with Gasteiger partial charge in [-0.25, -0.2) is 0 Å². The van der Waals surface area contributed by atoms with Crippen LogP contribution in [0.4, 0.5) is 0 Å². The van der Waals surface area contributed by atoms with Gasteiger partial charge in [-0.05, 0) is 49.8 Å². The van der Waals surface area contributed by atoms with E-state index in [4.69, 9.17) is 14.2 Å². The highest BCUT2D eigenvalue weighted by atomic mass is 79.9. The molecule has 0 bridgehead atoms. The smallest absolute Gasteiger partial charge is 0.286 e. The van der Waals surface area contributed by atoms with E-state index in [9.17, 15) is 0 Å². The van der Waals surface area contributed by atoms with Crippen molar-refractivity contribution in [3.8, 4) is 0 Å². The van der Waals surface area contributed by atoms with Crippen molar-refractivity contribution in [2.45, 2.75) is 104 Å². The molecule has 1 aromatic rings. The number of hydrogen-bond acceptors (Lipinski definition) is 3.